The predicted octanol–water partition coefficient (Wildman–Crippen LogP) is 14.6. The fraction of sp³-hybridized carbons (Fsp3) is 0. The Morgan fingerprint density at radius 2 is 1.11 bits per heavy atom. The second-order valence-corrected chi connectivity index (χ2v) is 14.6. The van der Waals surface area contributed by atoms with Gasteiger partial charge in [-0.3, -0.25) is 0 Å². The molecule has 0 unspecified atom stereocenters. The average molecular weight is 711 g/mol. The van der Waals surface area contributed by atoms with E-state index in [4.69, 9.17) is 13.8 Å². The van der Waals surface area contributed by atoms with E-state index in [1.54, 1.807) is 0 Å². The molecular formula is C49H30N2O2S. The second-order valence-electron chi connectivity index (χ2n) is 13.6. The first-order chi connectivity index (χ1) is 26.7. The van der Waals surface area contributed by atoms with Gasteiger partial charge < -0.3 is 13.7 Å². The number of thiophene rings is 1. The summed E-state index contributed by atoms with van der Waals surface area (Å²) in [7, 11) is 0. The number of anilines is 3. The number of rotatable bonds is 6. The Kier molecular flexibility index (Phi) is 7.00. The Balaban J connectivity index is 1.03. The predicted molar refractivity (Wildman–Crippen MR) is 225 cm³/mol. The molecule has 8 aromatic carbocycles. The summed E-state index contributed by atoms with van der Waals surface area (Å²) in [5.41, 5.74) is 11.9. The van der Waals surface area contributed by atoms with Crippen LogP contribution in [0.15, 0.2) is 191 Å². The first-order valence-corrected chi connectivity index (χ1v) is 18.8. The van der Waals surface area contributed by atoms with Gasteiger partial charge in [0.05, 0.1) is 0 Å². The van der Waals surface area contributed by atoms with Crippen LogP contribution < -0.4 is 4.90 Å². The van der Waals surface area contributed by atoms with Crippen molar-refractivity contribution in [3.05, 3.63) is 182 Å². The minimum atomic E-state index is 0.601. The fourth-order valence-electron chi connectivity index (χ4n) is 7.74. The van der Waals surface area contributed by atoms with Crippen molar-refractivity contribution in [3.8, 4) is 33.7 Å². The van der Waals surface area contributed by atoms with Crippen LogP contribution in [0.2, 0.25) is 0 Å². The van der Waals surface area contributed by atoms with Crippen LogP contribution in [0.1, 0.15) is 0 Å². The zero-order chi connectivity index (χ0) is 35.6. The molecule has 254 valence electrons. The molecule has 0 N–H and O–H groups in total. The average Bonchev–Trinajstić information content (AvgIpc) is 3.94. The number of hydrogen-bond acceptors (Lipinski definition) is 5. The van der Waals surface area contributed by atoms with Gasteiger partial charge in [0.1, 0.15) is 16.7 Å². The molecule has 11 aromatic rings. The van der Waals surface area contributed by atoms with E-state index in [1.807, 2.05) is 53.8 Å². The Morgan fingerprint density at radius 1 is 0.407 bits per heavy atom. The van der Waals surface area contributed by atoms with Gasteiger partial charge in [-0.05, 0) is 89.0 Å². The van der Waals surface area contributed by atoms with Crippen molar-refractivity contribution >= 4 is 81.6 Å². The normalized spacial score (nSPS) is 11.7. The lowest BCUT2D eigenvalue weighted by Gasteiger charge is -2.26. The molecule has 0 saturated heterocycles. The molecule has 0 bridgehead atoms. The molecule has 0 aliphatic carbocycles. The van der Waals surface area contributed by atoms with Gasteiger partial charge in [0.2, 0.25) is 5.89 Å². The highest BCUT2D eigenvalue weighted by molar-refractivity contribution is 7.25. The standard InChI is InChI=1S/C49H30N2O2S/c1-3-11-31(12-4-1)34-15-9-16-36(27-34)51(37-25-26-40-39-17-7-8-20-46(39)54-47(40)28-37)35-23-21-32(22-24-35)38-18-10-19-43-48(38)41-29-45-42(30-44(41)52-43)50-49(53-45)33-13-5-2-6-14-33/h1-30H. The molecule has 0 aliphatic rings. The van der Waals surface area contributed by atoms with Crippen molar-refractivity contribution in [1.82, 2.24) is 4.98 Å². The molecule has 0 saturated carbocycles. The van der Waals surface area contributed by atoms with Crippen LogP contribution >= 0.6 is 11.3 Å². The maximum absolute atomic E-state index is 6.43. The third kappa shape index (κ3) is 5.09. The van der Waals surface area contributed by atoms with Crippen molar-refractivity contribution in [1.29, 1.82) is 0 Å². The molecule has 3 heterocycles. The van der Waals surface area contributed by atoms with Crippen molar-refractivity contribution in [2.24, 2.45) is 0 Å². The summed E-state index contributed by atoms with van der Waals surface area (Å²) in [6.07, 6.45) is 0. The maximum atomic E-state index is 6.43. The van der Waals surface area contributed by atoms with Crippen LogP contribution in [0.5, 0.6) is 0 Å². The van der Waals surface area contributed by atoms with Crippen LogP contribution in [0.3, 0.4) is 0 Å². The van der Waals surface area contributed by atoms with Gasteiger partial charge in [-0.2, -0.15) is 0 Å². The summed E-state index contributed by atoms with van der Waals surface area (Å²) < 4.78 is 15.3. The Bertz CT molecular complexity index is 3160. The third-order valence-corrected chi connectivity index (χ3v) is 11.4. The first-order valence-electron chi connectivity index (χ1n) is 18.0. The number of hydrogen-bond donors (Lipinski definition) is 0. The molecule has 54 heavy (non-hydrogen) atoms. The third-order valence-electron chi connectivity index (χ3n) is 10.3. The van der Waals surface area contributed by atoms with E-state index in [0.29, 0.717) is 5.89 Å². The molecular weight excluding hydrogens is 681 g/mol. The molecule has 0 spiro atoms. The molecule has 0 radical (unpaired) electrons. The van der Waals surface area contributed by atoms with E-state index in [2.05, 4.69) is 144 Å². The SMILES string of the molecule is c1ccc(-c2cccc(N(c3ccc(-c4cccc5oc6cc7nc(-c8ccccc8)oc7cc6c45)cc3)c3ccc4c(c3)sc3ccccc34)c2)cc1. The topological polar surface area (TPSA) is 42.4 Å². The van der Waals surface area contributed by atoms with Crippen molar-refractivity contribution in [2.75, 3.05) is 4.90 Å². The molecule has 11 rings (SSSR count). The molecule has 0 aliphatic heterocycles. The quantitative estimate of drug-likeness (QED) is 0.172. The summed E-state index contributed by atoms with van der Waals surface area (Å²) in [5, 5.41) is 4.64. The van der Waals surface area contributed by atoms with Gasteiger partial charge in [-0.1, -0.05) is 109 Å². The Hall–Kier alpha value is -6.95. The highest BCUT2D eigenvalue weighted by Crippen LogP contribution is 2.43. The van der Waals surface area contributed by atoms with Crippen LogP contribution in [0.25, 0.3) is 86.9 Å². The number of benzene rings is 8. The largest absolute Gasteiger partial charge is 0.456 e. The molecule has 4 nitrogen and oxygen atoms in total. The van der Waals surface area contributed by atoms with E-state index in [1.165, 1.54) is 31.3 Å². The lowest BCUT2D eigenvalue weighted by atomic mass is 9.98. The minimum Gasteiger partial charge on any atom is -0.456 e. The van der Waals surface area contributed by atoms with Crippen molar-refractivity contribution in [2.45, 2.75) is 0 Å². The van der Waals surface area contributed by atoms with E-state index >= 15 is 0 Å². The smallest absolute Gasteiger partial charge is 0.227 e. The summed E-state index contributed by atoms with van der Waals surface area (Å²) in [4.78, 5) is 7.14. The number of oxazole rings is 1. The number of furan rings is 1. The van der Waals surface area contributed by atoms with Gasteiger partial charge in [0.15, 0.2) is 5.58 Å². The van der Waals surface area contributed by atoms with Crippen LogP contribution in [-0.4, -0.2) is 4.98 Å². The molecule has 0 fully saturated rings. The van der Waals surface area contributed by atoms with E-state index < -0.39 is 0 Å². The number of fused-ring (bicyclic) bond motifs is 7. The lowest BCUT2D eigenvalue weighted by Crippen LogP contribution is -2.09. The van der Waals surface area contributed by atoms with E-state index in [0.717, 1.165) is 66.8 Å². The highest BCUT2D eigenvalue weighted by atomic mass is 32.1. The maximum Gasteiger partial charge on any atom is 0.227 e. The van der Waals surface area contributed by atoms with Crippen molar-refractivity contribution < 1.29 is 8.83 Å². The fourth-order valence-corrected chi connectivity index (χ4v) is 8.88. The van der Waals surface area contributed by atoms with Crippen molar-refractivity contribution in [3.63, 3.8) is 0 Å². The summed E-state index contributed by atoms with van der Waals surface area (Å²) in [6.45, 7) is 0. The van der Waals surface area contributed by atoms with Gasteiger partial charge >= 0.3 is 0 Å². The lowest BCUT2D eigenvalue weighted by molar-refractivity contribution is 0.620. The summed E-state index contributed by atoms with van der Waals surface area (Å²) >= 11 is 1.84. The molecule has 3 aromatic heterocycles. The van der Waals surface area contributed by atoms with Gasteiger partial charge in [-0.25, -0.2) is 4.98 Å². The number of aromatic nitrogens is 1. The number of nitrogens with zero attached hydrogens (tertiary/aromatic N) is 2. The monoisotopic (exact) mass is 710 g/mol. The van der Waals surface area contributed by atoms with Crippen LogP contribution in [0, 0.1) is 0 Å². The first kappa shape index (κ1) is 30.7. The summed E-state index contributed by atoms with van der Waals surface area (Å²) in [6, 6.07) is 64.1. The van der Waals surface area contributed by atoms with Crippen LogP contribution in [0.4, 0.5) is 17.1 Å². The van der Waals surface area contributed by atoms with Crippen LogP contribution in [-0.2, 0) is 0 Å². The molecule has 0 atom stereocenters. The van der Waals surface area contributed by atoms with E-state index in [9.17, 15) is 0 Å². The second kappa shape index (κ2) is 12.3. The minimum absolute atomic E-state index is 0.601. The van der Waals surface area contributed by atoms with Gasteiger partial charge in [-0.15, -0.1) is 11.3 Å². The Morgan fingerprint density at radius 3 is 1.96 bits per heavy atom. The Labute approximate surface area is 314 Å². The zero-order valence-electron chi connectivity index (χ0n) is 28.9. The highest BCUT2D eigenvalue weighted by Gasteiger charge is 2.19. The molecule has 0 amide bonds. The molecule has 5 heteroatoms. The zero-order valence-corrected chi connectivity index (χ0v) is 29.8. The van der Waals surface area contributed by atoms with Gasteiger partial charge in [0.25, 0.3) is 0 Å². The van der Waals surface area contributed by atoms with Gasteiger partial charge in [0, 0.05) is 59.6 Å². The summed E-state index contributed by atoms with van der Waals surface area (Å²) in [5.74, 6) is 0.601. The van der Waals surface area contributed by atoms with E-state index in [-0.39, 0.29) is 0 Å².